The minimum atomic E-state index is -0.827. The van der Waals surface area contributed by atoms with Gasteiger partial charge in [-0.1, -0.05) is 78.5 Å². The third-order valence-electron chi connectivity index (χ3n) is 1.00. The zero-order valence-corrected chi connectivity index (χ0v) is 16.6. The molecular weight excluding hydrogens is 612 g/mol. The van der Waals surface area contributed by atoms with Gasteiger partial charge in [-0.25, -0.2) is 0 Å². The number of hydrogen-bond donors (Lipinski definition) is 0. The quantitative estimate of drug-likeness (QED) is 0.240. The molecule has 62 valence electrons. The summed E-state index contributed by atoms with van der Waals surface area (Å²) in [4.78, 5) is 0. The summed E-state index contributed by atoms with van der Waals surface area (Å²) in [5.74, 6) is 0. The fourth-order valence-electron chi connectivity index (χ4n) is 0.439. The molecule has 0 amide bonds. The van der Waals surface area contributed by atoms with Crippen LogP contribution < -0.4 is 0 Å². The van der Waals surface area contributed by atoms with E-state index in [0.29, 0.717) is 0 Å². The molecule has 0 bridgehead atoms. The van der Waals surface area contributed by atoms with Crippen LogP contribution in [0, 0.1) is 0 Å². The van der Waals surface area contributed by atoms with Gasteiger partial charge in [0.05, 0.1) is 0 Å². The Morgan fingerprint density at radius 1 is 0.900 bits per heavy atom. The van der Waals surface area contributed by atoms with E-state index < -0.39 is 6.13 Å². The lowest BCUT2D eigenvalue weighted by molar-refractivity contribution is 1.39. The fraction of sp³-hybridized carbons (Fsp3) is 1.00. The van der Waals surface area contributed by atoms with Crippen molar-refractivity contribution in [2.45, 2.75) is 25.2 Å². The van der Waals surface area contributed by atoms with Gasteiger partial charge in [-0.15, -0.1) is 21.8 Å². The standard InChI is InChI=1S/C4H10I4Si2/c1-9(2,5)3-4-10(6,7)8/h3-4H2,1-2H3. The predicted octanol–water partition coefficient (Wildman–Crippen LogP) is 4.87. The number of halogens is 4. The second-order valence-electron chi connectivity index (χ2n) is 2.83. The molecule has 0 fully saturated rings. The highest BCUT2D eigenvalue weighted by Gasteiger charge is 2.26. The molecule has 0 aliphatic carbocycles. The second kappa shape index (κ2) is 5.29. The SMILES string of the molecule is C[Si](C)(I)CC[Si](I)(I)I. The van der Waals surface area contributed by atoms with E-state index in [1.54, 1.807) is 0 Å². The Balaban J connectivity index is 3.56. The Kier molecular flexibility index (Phi) is 7.06. The first-order valence-corrected chi connectivity index (χ1v) is 20.8. The van der Waals surface area contributed by atoms with Crippen LogP contribution in [-0.2, 0) is 0 Å². The Morgan fingerprint density at radius 3 is 1.40 bits per heavy atom. The van der Waals surface area contributed by atoms with E-state index in [-0.39, 0.29) is 0 Å². The summed E-state index contributed by atoms with van der Waals surface area (Å²) in [6.07, 6.45) is 0. The largest absolute Gasteiger partial charge is 0.253 e. The van der Waals surface area contributed by atoms with Gasteiger partial charge in [0.15, 0.2) is 0 Å². The maximum atomic E-state index is 2.67. The van der Waals surface area contributed by atoms with Crippen molar-refractivity contribution < 1.29 is 0 Å². The summed E-state index contributed by atoms with van der Waals surface area (Å²) in [5.41, 5.74) is -0.777. The van der Waals surface area contributed by atoms with Crippen molar-refractivity contribution >= 4 is 93.3 Å². The van der Waals surface area contributed by atoms with Crippen LogP contribution in [0.4, 0.5) is 0 Å². The molecule has 0 spiro atoms. The van der Waals surface area contributed by atoms with Crippen molar-refractivity contribution in [3.8, 4) is 0 Å². The molecule has 0 rings (SSSR count). The Bertz CT molecular complexity index is 88.8. The normalized spacial score (nSPS) is 13.8. The van der Waals surface area contributed by atoms with Crippen LogP contribution in [0.15, 0.2) is 0 Å². The maximum absolute atomic E-state index is 2.67. The van der Waals surface area contributed by atoms with Crippen molar-refractivity contribution in [2.24, 2.45) is 0 Å². The molecule has 0 aliphatic rings. The Morgan fingerprint density at radius 2 is 1.30 bits per heavy atom. The zero-order chi connectivity index (χ0) is 8.41. The smallest absolute Gasteiger partial charge is 0.119 e. The average Bonchev–Trinajstić information content (AvgIpc) is 1.57. The topological polar surface area (TPSA) is 0 Å². The molecule has 0 heterocycles. The van der Waals surface area contributed by atoms with Crippen molar-refractivity contribution in [1.82, 2.24) is 0 Å². The minimum Gasteiger partial charge on any atom is -0.119 e. The summed E-state index contributed by atoms with van der Waals surface area (Å²) in [6, 6.07) is 2.98. The lowest BCUT2D eigenvalue weighted by Crippen LogP contribution is -2.18. The van der Waals surface area contributed by atoms with Gasteiger partial charge in [0.1, 0.15) is 5.57 Å². The Labute approximate surface area is 116 Å². The van der Waals surface area contributed by atoms with E-state index in [4.69, 9.17) is 0 Å². The average molecular weight is 622 g/mol. The third-order valence-corrected chi connectivity index (χ3v) is 10.2. The van der Waals surface area contributed by atoms with Gasteiger partial charge in [0.2, 0.25) is 0 Å². The molecular formula is C4H10I4Si2. The highest BCUT2D eigenvalue weighted by atomic mass is 127. The van der Waals surface area contributed by atoms with Crippen LogP contribution in [0.1, 0.15) is 0 Å². The first-order valence-electron chi connectivity index (χ1n) is 2.96. The second-order valence-corrected chi connectivity index (χ2v) is 52.4. The summed E-state index contributed by atoms with van der Waals surface area (Å²) in [7, 11) is 0. The van der Waals surface area contributed by atoms with Gasteiger partial charge in [0, 0.05) is 0 Å². The Hall–Kier alpha value is 3.35. The van der Waals surface area contributed by atoms with Gasteiger partial charge >= 0.3 is 0 Å². The molecule has 10 heavy (non-hydrogen) atoms. The van der Waals surface area contributed by atoms with Crippen molar-refractivity contribution in [3.63, 3.8) is 0 Å². The molecule has 0 aromatic carbocycles. The third kappa shape index (κ3) is 11.4. The lowest BCUT2D eigenvalue weighted by Gasteiger charge is -2.16. The van der Waals surface area contributed by atoms with Crippen LogP contribution in [0.25, 0.3) is 0 Å². The summed E-state index contributed by atoms with van der Waals surface area (Å²) < 4.78 is -0.827. The number of hydrogen-bond acceptors (Lipinski definition) is 0. The predicted molar refractivity (Wildman–Crippen MR) is 88.9 cm³/mol. The molecule has 0 unspecified atom stereocenters. The van der Waals surface area contributed by atoms with Crippen LogP contribution in [0.3, 0.4) is 0 Å². The van der Waals surface area contributed by atoms with Crippen LogP contribution in [-0.4, -0.2) is 6.13 Å². The molecule has 0 N–H and O–H groups in total. The number of rotatable bonds is 3. The molecule has 0 nitrogen and oxygen atoms in total. The van der Waals surface area contributed by atoms with Gasteiger partial charge < -0.3 is 0 Å². The monoisotopic (exact) mass is 622 g/mol. The molecule has 0 saturated heterocycles. The van der Waals surface area contributed by atoms with Gasteiger partial charge in [0.25, 0.3) is 0.564 Å². The van der Waals surface area contributed by atoms with Crippen molar-refractivity contribution in [1.29, 1.82) is 0 Å². The van der Waals surface area contributed by atoms with E-state index in [9.17, 15) is 0 Å². The summed E-state index contributed by atoms with van der Waals surface area (Å²) in [6.45, 7) is 4.88. The van der Waals surface area contributed by atoms with E-state index in [0.717, 1.165) is 0 Å². The first-order chi connectivity index (χ1) is 4.21. The van der Waals surface area contributed by atoms with E-state index in [2.05, 4.69) is 100 Å². The highest BCUT2D eigenvalue weighted by molar-refractivity contribution is 14.4. The van der Waals surface area contributed by atoms with Crippen molar-refractivity contribution in [2.75, 3.05) is 0 Å². The lowest BCUT2D eigenvalue weighted by atomic mass is 10.9. The highest BCUT2D eigenvalue weighted by Crippen LogP contribution is 2.37. The zero-order valence-electron chi connectivity index (χ0n) is 5.93. The van der Waals surface area contributed by atoms with Gasteiger partial charge in [-0.3, -0.25) is 0 Å². The van der Waals surface area contributed by atoms with Crippen LogP contribution in [0.2, 0.25) is 25.2 Å². The van der Waals surface area contributed by atoms with Crippen LogP contribution in [0.5, 0.6) is 0 Å². The van der Waals surface area contributed by atoms with Crippen LogP contribution >= 0.6 is 87.2 Å². The molecule has 0 saturated carbocycles. The van der Waals surface area contributed by atoms with Gasteiger partial charge in [-0.05, 0) is 12.1 Å². The molecule has 0 aliphatic heterocycles. The van der Waals surface area contributed by atoms with Gasteiger partial charge in [-0.2, -0.15) is 0 Å². The van der Waals surface area contributed by atoms with E-state index >= 15 is 0 Å². The molecule has 0 radical (unpaired) electrons. The van der Waals surface area contributed by atoms with E-state index in [1.807, 2.05) is 0 Å². The fourth-order valence-corrected chi connectivity index (χ4v) is 13.7. The van der Waals surface area contributed by atoms with Crippen molar-refractivity contribution in [3.05, 3.63) is 0 Å². The molecule has 6 heteroatoms. The minimum absolute atomic E-state index is 0.777. The summed E-state index contributed by atoms with van der Waals surface area (Å²) in [5, 5.41) is 0. The maximum Gasteiger partial charge on any atom is 0.253 e. The first kappa shape index (κ1) is 13.4. The van der Waals surface area contributed by atoms with E-state index in [1.165, 1.54) is 12.1 Å². The molecule has 0 aromatic rings. The summed E-state index contributed by atoms with van der Waals surface area (Å²) >= 11 is 10.6. The molecule has 0 atom stereocenters. The molecule has 0 aromatic heterocycles.